The molecule has 3 N–H and O–H groups in total. The van der Waals surface area contributed by atoms with Gasteiger partial charge in [0.15, 0.2) is 5.34 Å². The zero-order chi connectivity index (χ0) is 29.6. The van der Waals surface area contributed by atoms with E-state index in [-0.39, 0.29) is 12.8 Å². The Kier molecular flexibility index (Phi) is 29.3. The van der Waals surface area contributed by atoms with Crippen LogP contribution in [0, 0.1) is 0 Å². The molecule has 0 aliphatic carbocycles. The van der Waals surface area contributed by atoms with E-state index in [4.69, 9.17) is 0 Å². The average Bonchev–Trinajstić information content (AvgIpc) is 2.92. The summed E-state index contributed by atoms with van der Waals surface area (Å²) in [6.07, 6.45) is 38.3. The van der Waals surface area contributed by atoms with Crippen LogP contribution < -0.4 is 0 Å². The SMILES string of the molecule is CCCCCCCCCCCCCCCCCC(O)(CCCCCCCCCCCCCCCCC)P(=O)(O)O. The predicted octanol–water partition coefficient (Wildman–Crippen LogP) is 12.4. The highest BCUT2D eigenvalue weighted by molar-refractivity contribution is 7.53. The van der Waals surface area contributed by atoms with Crippen LogP contribution in [0.2, 0.25) is 0 Å². The molecule has 242 valence electrons. The van der Waals surface area contributed by atoms with Crippen molar-refractivity contribution in [1.29, 1.82) is 0 Å². The van der Waals surface area contributed by atoms with Crippen molar-refractivity contribution in [3.8, 4) is 0 Å². The van der Waals surface area contributed by atoms with E-state index in [0.717, 1.165) is 25.7 Å². The third kappa shape index (κ3) is 25.8. The van der Waals surface area contributed by atoms with E-state index in [0.29, 0.717) is 12.8 Å². The second kappa shape index (κ2) is 29.2. The van der Waals surface area contributed by atoms with Gasteiger partial charge in [-0.2, -0.15) is 0 Å². The molecule has 0 aromatic heterocycles. The molecule has 0 spiro atoms. The van der Waals surface area contributed by atoms with Gasteiger partial charge >= 0.3 is 7.60 Å². The van der Waals surface area contributed by atoms with Crippen molar-refractivity contribution in [2.24, 2.45) is 0 Å². The molecule has 0 heterocycles. The second-order valence-electron chi connectivity index (χ2n) is 12.9. The minimum atomic E-state index is -4.51. The molecule has 0 fully saturated rings. The number of rotatable bonds is 33. The maximum Gasteiger partial charge on any atom is 0.356 e. The highest BCUT2D eigenvalue weighted by Gasteiger charge is 2.43. The first kappa shape index (κ1) is 40.1. The topological polar surface area (TPSA) is 77.8 Å². The van der Waals surface area contributed by atoms with Crippen molar-refractivity contribution in [3.05, 3.63) is 0 Å². The summed E-state index contributed by atoms with van der Waals surface area (Å²) in [7, 11) is -4.51. The Balaban J connectivity index is 3.66. The van der Waals surface area contributed by atoms with Gasteiger partial charge in [-0.15, -0.1) is 0 Å². The van der Waals surface area contributed by atoms with Crippen molar-refractivity contribution in [1.82, 2.24) is 0 Å². The molecule has 0 aromatic carbocycles. The first-order valence-electron chi connectivity index (χ1n) is 18.2. The Morgan fingerprint density at radius 2 is 0.550 bits per heavy atom. The third-order valence-corrected chi connectivity index (χ3v) is 10.4. The molecular formula is C35H73O4P. The summed E-state index contributed by atoms with van der Waals surface area (Å²) in [5.74, 6) is 0. The minimum absolute atomic E-state index is 0.230. The molecule has 0 atom stereocenters. The molecule has 0 saturated heterocycles. The average molecular weight is 589 g/mol. The molecular weight excluding hydrogens is 515 g/mol. The lowest BCUT2D eigenvalue weighted by atomic mass is 10.0. The molecule has 40 heavy (non-hydrogen) atoms. The summed E-state index contributed by atoms with van der Waals surface area (Å²) in [6.45, 7) is 4.54. The Morgan fingerprint density at radius 3 is 0.725 bits per heavy atom. The van der Waals surface area contributed by atoms with Gasteiger partial charge in [0.05, 0.1) is 0 Å². The zero-order valence-corrected chi connectivity index (χ0v) is 28.2. The van der Waals surface area contributed by atoms with Crippen molar-refractivity contribution < 1.29 is 19.5 Å². The van der Waals surface area contributed by atoms with Crippen LogP contribution in [0.15, 0.2) is 0 Å². The summed E-state index contributed by atoms with van der Waals surface area (Å²) >= 11 is 0. The normalized spacial score (nSPS) is 12.4. The van der Waals surface area contributed by atoms with Crippen molar-refractivity contribution >= 4 is 7.60 Å². The predicted molar refractivity (Wildman–Crippen MR) is 176 cm³/mol. The standard InChI is InChI=1S/C35H73O4P/c1-3-5-7-9-11-13-15-17-19-21-23-25-27-29-31-33-35(36,40(37,38)39)34-32-30-28-26-24-22-20-18-16-14-12-10-8-6-4-2/h36H,3-34H2,1-2H3,(H2,37,38,39). The lowest BCUT2D eigenvalue weighted by molar-refractivity contribution is 0.0686. The first-order chi connectivity index (χ1) is 19.4. The first-order valence-corrected chi connectivity index (χ1v) is 19.8. The largest absolute Gasteiger partial charge is 0.377 e. The molecule has 0 aliphatic rings. The van der Waals surface area contributed by atoms with Crippen molar-refractivity contribution in [3.63, 3.8) is 0 Å². The summed E-state index contributed by atoms with van der Waals surface area (Å²) in [5.41, 5.74) is 0. The van der Waals surface area contributed by atoms with Gasteiger partial charge in [-0.05, 0) is 25.7 Å². The molecule has 0 amide bonds. The van der Waals surface area contributed by atoms with Crippen molar-refractivity contribution in [2.45, 2.75) is 225 Å². The van der Waals surface area contributed by atoms with Crippen LogP contribution in [0.4, 0.5) is 0 Å². The Labute approximate surface area is 251 Å². The van der Waals surface area contributed by atoms with Crippen LogP contribution in [0.25, 0.3) is 0 Å². The summed E-state index contributed by atoms with van der Waals surface area (Å²) in [5, 5.41) is 8.97. The molecule has 0 aromatic rings. The van der Waals surface area contributed by atoms with Gasteiger partial charge in [-0.25, -0.2) is 0 Å². The van der Waals surface area contributed by atoms with Crippen LogP contribution in [0.1, 0.15) is 219 Å². The molecule has 4 nitrogen and oxygen atoms in total. The smallest absolute Gasteiger partial charge is 0.356 e. The van der Waals surface area contributed by atoms with Gasteiger partial charge in [0.1, 0.15) is 0 Å². The molecule has 0 saturated carbocycles. The zero-order valence-electron chi connectivity index (χ0n) is 27.3. The van der Waals surface area contributed by atoms with Gasteiger partial charge in [-0.1, -0.05) is 194 Å². The van der Waals surface area contributed by atoms with E-state index in [2.05, 4.69) is 13.8 Å². The van der Waals surface area contributed by atoms with Gasteiger partial charge in [0.2, 0.25) is 0 Å². The fourth-order valence-corrected chi connectivity index (χ4v) is 6.87. The quantitative estimate of drug-likeness (QED) is 0.0526. The van der Waals surface area contributed by atoms with Gasteiger partial charge in [0, 0.05) is 0 Å². The minimum Gasteiger partial charge on any atom is -0.377 e. The lowest BCUT2D eigenvalue weighted by Crippen LogP contribution is -2.28. The van der Waals surface area contributed by atoms with Crippen LogP contribution >= 0.6 is 7.60 Å². The van der Waals surface area contributed by atoms with Crippen LogP contribution in [0.3, 0.4) is 0 Å². The molecule has 0 rings (SSSR count). The Morgan fingerprint density at radius 1 is 0.375 bits per heavy atom. The second-order valence-corrected chi connectivity index (χ2v) is 14.8. The van der Waals surface area contributed by atoms with E-state index >= 15 is 0 Å². The van der Waals surface area contributed by atoms with Gasteiger partial charge < -0.3 is 14.9 Å². The molecule has 5 heteroatoms. The monoisotopic (exact) mass is 589 g/mol. The highest BCUT2D eigenvalue weighted by atomic mass is 31.2. The van der Waals surface area contributed by atoms with Crippen molar-refractivity contribution in [2.75, 3.05) is 0 Å². The Hall–Kier alpha value is 0.110. The van der Waals surface area contributed by atoms with E-state index in [9.17, 15) is 19.5 Å². The third-order valence-electron chi connectivity index (χ3n) is 8.90. The maximum absolute atomic E-state index is 12.1. The van der Waals surface area contributed by atoms with E-state index < -0.39 is 12.9 Å². The summed E-state index contributed by atoms with van der Waals surface area (Å²) in [4.78, 5) is 19.7. The molecule has 0 bridgehead atoms. The molecule has 0 unspecified atom stereocenters. The van der Waals surface area contributed by atoms with Gasteiger partial charge in [0.25, 0.3) is 0 Å². The summed E-state index contributed by atoms with van der Waals surface area (Å²) < 4.78 is 12.1. The highest BCUT2D eigenvalue weighted by Crippen LogP contribution is 2.54. The number of hydrogen-bond donors (Lipinski definition) is 3. The van der Waals surface area contributed by atoms with E-state index in [1.54, 1.807) is 0 Å². The van der Waals surface area contributed by atoms with Crippen LogP contribution in [-0.4, -0.2) is 20.2 Å². The fourth-order valence-electron chi connectivity index (χ4n) is 5.98. The van der Waals surface area contributed by atoms with E-state index in [1.165, 1.54) is 154 Å². The fraction of sp³-hybridized carbons (Fsp3) is 1.00. The molecule has 0 radical (unpaired) electrons. The van der Waals surface area contributed by atoms with Crippen LogP contribution in [-0.2, 0) is 4.57 Å². The number of unbranched alkanes of at least 4 members (excludes halogenated alkanes) is 28. The number of hydrogen-bond acceptors (Lipinski definition) is 2. The van der Waals surface area contributed by atoms with Crippen LogP contribution in [0.5, 0.6) is 0 Å². The summed E-state index contributed by atoms with van der Waals surface area (Å²) in [6, 6.07) is 0. The van der Waals surface area contributed by atoms with Gasteiger partial charge in [-0.3, -0.25) is 4.57 Å². The molecule has 0 aliphatic heterocycles. The lowest BCUT2D eigenvalue weighted by Gasteiger charge is -2.29. The maximum atomic E-state index is 12.1. The Bertz CT molecular complexity index is 514. The van der Waals surface area contributed by atoms with E-state index in [1.807, 2.05) is 0 Å². The number of aliphatic hydroxyl groups is 1.